The number of hydrogen-bond donors (Lipinski definition) is 0. The molecule has 2 rings (SSSR count). The van der Waals surface area contributed by atoms with E-state index in [0.717, 1.165) is 0 Å². The van der Waals surface area contributed by atoms with Crippen molar-refractivity contribution >= 4 is 11.9 Å². The zero-order valence-corrected chi connectivity index (χ0v) is 10.7. The number of benzene rings is 2. The third-order valence-electron chi connectivity index (χ3n) is 2.78. The average Bonchev–Trinajstić information content (AvgIpc) is 2.47. The van der Waals surface area contributed by atoms with Crippen molar-refractivity contribution in [2.75, 3.05) is 0 Å². The highest BCUT2D eigenvalue weighted by atomic mass is 16.5. The van der Waals surface area contributed by atoms with Crippen molar-refractivity contribution in [3.05, 3.63) is 65.7 Å². The van der Waals surface area contributed by atoms with Crippen LogP contribution in [0.2, 0.25) is 0 Å². The number of aryl methyl sites for hydroxylation is 1. The van der Waals surface area contributed by atoms with Crippen LogP contribution in [0.5, 0.6) is 5.75 Å². The Bertz CT molecular complexity index is 605. The Morgan fingerprint density at radius 3 is 2.30 bits per heavy atom. The molecule has 0 saturated carbocycles. The molecule has 0 saturated heterocycles. The van der Waals surface area contributed by atoms with Crippen LogP contribution in [0.15, 0.2) is 54.6 Å². The summed E-state index contributed by atoms with van der Waals surface area (Å²) in [4.78, 5) is 22.5. The summed E-state index contributed by atoms with van der Waals surface area (Å²) in [6, 6.07) is 15.5. The fourth-order valence-corrected chi connectivity index (χ4v) is 1.78. The largest absolute Gasteiger partial charge is 0.550 e. The first-order valence-electron chi connectivity index (χ1n) is 6.22. The minimum absolute atomic E-state index is 0.111. The first-order chi connectivity index (χ1) is 9.66. The van der Waals surface area contributed by atoms with Crippen LogP contribution in [0.25, 0.3) is 0 Å². The van der Waals surface area contributed by atoms with Gasteiger partial charge in [0.25, 0.3) is 0 Å². The second-order valence-corrected chi connectivity index (χ2v) is 4.24. The van der Waals surface area contributed by atoms with Crippen LogP contribution in [-0.4, -0.2) is 11.9 Å². The highest BCUT2D eigenvalue weighted by molar-refractivity contribution is 5.91. The molecule has 4 heteroatoms. The predicted molar refractivity (Wildman–Crippen MR) is 71.2 cm³/mol. The summed E-state index contributed by atoms with van der Waals surface area (Å²) in [6.45, 7) is 0. The summed E-state index contributed by atoms with van der Waals surface area (Å²) in [7, 11) is 0. The number of rotatable bonds is 5. The van der Waals surface area contributed by atoms with Crippen molar-refractivity contribution in [3.63, 3.8) is 0 Å². The van der Waals surface area contributed by atoms with Gasteiger partial charge < -0.3 is 14.6 Å². The predicted octanol–water partition coefficient (Wildman–Crippen LogP) is 1.59. The van der Waals surface area contributed by atoms with E-state index in [1.165, 1.54) is 0 Å². The molecule has 20 heavy (non-hydrogen) atoms. The molecule has 0 fully saturated rings. The van der Waals surface area contributed by atoms with Gasteiger partial charge in [-0.2, -0.15) is 0 Å². The molecular weight excluding hydrogens is 256 g/mol. The number of aliphatic carboxylic acids is 1. The second-order valence-electron chi connectivity index (χ2n) is 4.24. The average molecular weight is 269 g/mol. The topological polar surface area (TPSA) is 66.4 Å². The second kappa shape index (κ2) is 6.52. The van der Waals surface area contributed by atoms with Gasteiger partial charge in [-0.15, -0.1) is 0 Å². The fourth-order valence-electron chi connectivity index (χ4n) is 1.78. The third kappa shape index (κ3) is 3.68. The molecule has 0 spiro atoms. The van der Waals surface area contributed by atoms with Crippen LogP contribution in [-0.2, 0) is 11.2 Å². The number of esters is 1. The van der Waals surface area contributed by atoms with Crippen molar-refractivity contribution in [1.82, 2.24) is 0 Å². The molecule has 0 unspecified atom stereocenters. The quantitative estimate of drug-likeness (QED) is 0.610. The number of hydrogen-bond acceptors (Lipinski definition) is 4. The van der Waals surface area contributed by atoms with Crippen molar-refractivity contribution in [2.24, 2.45) is 0 Å². The number of para-hydroxylation sites is 1. The molecule has 0 aliphatic carbocycles. The van der Waals surface area contributed by atoms with Gasteiger partial charge in [-0.05, 0) is 36.6 Å². The minimum atomic E-state index is -1.13. The lowest BCUT2D eigenvalue weighted by Gasteiger charge is -2.10. The van der Waals surface area contributed by atoms with Crippen LogP contribution in [0.4, 0.5) is 0 Å². The molecular formula is C16H13O4-. The van der Waals surface area contributed by atoms with Gasteiger partial charge in [0.2, 0.25) is 0 Å². The van der Waals surface area contributed by atoms with Crippen LogP contribution < -0.4 is 9.84 Å². The Morgan fingerprint density at radius 2 is 1.60 bits per heavy atom. The van der Waals surface area contributed by atoms with E-state index >= 15 is 0 Å². The Balaban J connectivity index is 2.13. The first-order valence-corrected chi connectivity index (χ1v) is 6.22. The molecule has 102 valence electrons. The zero-order valence-electron chi connectivity index (χ0n) is 10.7. The first kappa shape index (κ1) is 13.8. The number of ether oxygens (including phenoxy) is 1. The maximum absolute atomic E-state index is 12.0. The number of carbonyl (C=O) groups excluding carboxylic acids is 2. The molecule has 0 aromatic heterocycles. The Hall–Kier alpha value is -2.62. The summed E-state index contributed by atoms with van der Waals surface area (Å²) in [6.07, 6.45) is 0.153. The molecule has 0 bridgehead atoms. The van der Waals surface area contributed by atoms with E-state index in [4.69, 9.17) is 4.74 Å². The highest BCUT2D eigenvalue weighted by Gasteiger charge is 2.10. The van der Waals surface area contributed by atoms with E-state index < -0.39 is 11.9 Å². The number of carbonyl (C=O) groups is 2. The fraction of sp³-hybridized carbons (Fsp3) is 0.125. The molecule has 0 N–H and O–H groups in total. The van der Waals surface area contributed by atoms with Crippen molar-refractivity contribution < 1.29 is 19.4 Å². The summed E-state index contributed by atoms with van der Waals surface area (Å²) >= 11 is 0. The van der Waals surface area contributed by atoms with Gasteiger partial charge in [0.05, 0.1) is 5.56 Å². The van der Waals surface area contributed by atoms with Crippen LogP contribution in [0, 0.1) is 0 Å². The molecule has 2 aromatic carbocycles. The van der Waals surface area contributed by atoms with Gasteiger partial charge in [-0.3, -0.25) is 0 Å². The third-order valence-corrected chi connectivity index (χ3v) is 2.78. The van der Waals surface area contributed by atoms with Gasteiger partial charge in [-0.25, -0.2) is 4.79 Å². The van der Waals surface area contributed by atoms with Crippen molar-refractivity contribution in [2.45, 2.75) is 12.8 Å². The van der Waals surface area contributed by atoms with Gasteiger partial charge in [0, 0.05) is 5.97 Å². The molecule has 0 amide bonds. The minimum Gasteiger partial charge on any atom is -0.550 e. The highest BCUT2D eigenvalue weighted by Crippen LogP contribution is 2.20. The number of carboxylic acids is 1. The van der Waals surface area contributed by atoms with Crippen molar-refractivity contribution in [1.29, 1.82) is 0 Å². The lowest BCUT2D eigenvalue weighted by atomic mass is 10.1. The molecule has 0 radical (unpaired) electrons. The maximum Gasteiger partial charge on any atom is 0.343 e. The van der Waals surface area contributed by atoms with Gasteiger partial charge in [0.1, 0.15) is 5.75 Å². The summed E-state index contributed by atoms with van der Waals surface area (Å²) in [5.41, 5.74) is 1.11. The smallest absolute Gasteiger partial charge is 0.343 e. The Kier molecular flexibility index (Phi) is 4.50. The zero-order chi connectivity index (χ0) is 14.4. The SMILES string of the molecule is O=C([O-])CCc1ccccc1OC(=O)c1ccccc1. The summed E-state index contributed by atoms with van der Waals surface area (Å²) in [5, 5.41) is 10.5. The standard InChI is InChI=1S/C16H14O4/c17-15(18)11-10-12-6-4-5-9-14(12)20-16(19)13-7-2-1-3-8-13/h1-9H,10-11H2,(H,17,18)/p-1. The van der Waals surface area contributed by atoms with E-state index in [-0.39, 0.29) is 12.8 Å². The van der Waals surface area contributed by atoms with Gasteiger partial charge in [-0.1, -0.05) is 36.4 Å². The van der Waals surface area contributed by atoms with E-state index in [9.17, 15) is 14.7 Å². The van der Waals surface area contributed by atoms with Gasteiger partial charge >= 0.3 is 5.97 Å². The summed E-state index contributed by atoms with van der Waals surface area (Å²) in [5.74, 6) is -1.22. The lowest BCUT2D eigenvalue weighted by molar-refractivity contribution is -0.305. The van der Waals surface area contributed by atoms with Crippen LogP contribution >= 0.6 is 0 Å². The van der Waals surface area contributed by atoms with Gasteiger partial charge in [0.15, 0.2) is 0 Å². The molecule has 2 aromatic rings. The molecule has 0 aliphatic rings. The Morgan fingerprint density at radius 1 is 0.950 bits per heavy atom. The molecule has 0 heterocycles. The molecule has 4 nitrogen and oxygen atoms in total. The van der Waals surface area contributed by atoms with Crippen molar-refractivity contribution in [3.8, 4) is 5.75 Å². The monoisotopic (exact) mass is 269 g/mol. The summed E-state index contributed by atoms with van der Waals surface area (Å²) < 4.78 is 5.31. The van der Waals surface area contributed by atoms with Crippen LogP contribution in [0.1, 0.15) is 22.3 Å². The molecule has 0 atom stereocenters. The maximum atomic E-state index is 12.0. The Labute approximate surface area is 116 Å². The van der Waals surface area contributed by atoms with Crippen LogP contribution in [0.3, 0.4) is 0 Å². The van der Waals surface area contributed by atoms with E-state index in [0.29, 0.717) is 16.9 Å². The van der Waals surface area contributed by atoms with E-state index in [1.807, 2.05) is 6.07 Å². The van der Waals surface area contributed by atoms with E-state index in [1.54, 1.807) is 48.5 Å². The number of carboxylic acid groups (broad SMARTS) is 1. The van der Waals surface area contributed by atoms with E-state index in [2.05, 4.69) is 0 Å². The normalized spacial score (nSPS) is 10.0. The lowest BCUT2D eigenvalue weighted by Crippen LogP contribution is -2.22. The molecule has 0 aliphatic heterocycles.